The van der Waals surface area contributed by atoms with Crippen molar-refractivity contribution in [2.45, 2.75) is 0 Å². The molecule has 0 aliphatic rings. The summed E-state index contributed by atoms with van der Waals surface area (Å²) in [6, 6.07) is 102. The minimum atomic E-state index is -0.377. The summed E-state index contributed by atoms with van der Waals surface area (Å²) < 4.78 is 22.8. The molecule has 17 aromatic rings. The summed E-state index contributed by atoms with van der Waals surface area (Å²) in [7, 11) is 0. The van der Waals surface area contributed by atoms with E-state index in [0.29, 0.717) is 40.5 Å². The maximum Gasteiger partial charge on any atom is 0.167 e. The van der Waals surface area contributed by atoms with E-state index in [2.05, 4.69) is 171 Å². The smallest absolute Gasteiger partial charge is 0.167 e. The Balaban J connectivity index is 0.000000147. The van der Waals surface area contributed by atoms with Gasteiger partial charge in [0.05, 0.1) is 44.4 Å². The zero-order valence-electron chi connectivity index (χ0n) is 47.3. The van der Waals surface area contributed by atoms with Crippen molar-refractivity contribution in [3.63, 3.8) is 0 Å². The molecule has 0 aliphatic heterocycles. The number of hydrogen-bond acceptors (Lipinski definition) is 6. The van der Waals surface area contributed by atoms with Gasteiger partial charge in [-0.25, -0.2) is 34.3 Å². The third-order valence-electron chi connectivity index (χ3n) is 16.3. The van der Waals surface area contributed by atoms with Gasteiger partial charge in [-0.05, 0) is 72.8 Å². The van der Waals surface area contributed by atoms with Crippen molar-refractivity contribution in [3.05, 3.63) is 309 Å². The monoisotopic (exact) mass is 1130 g/mol. The number of rotatable bonds is 9. The predicted molar refractivity (Wildman–Crippen MR) is 355 cm³/mol. The molecule has 0 spiro atoms. The Kier molecular flexibility index (Phi) is 12.8. The van der Waals surface area contributed by atoms with Crippen molar-refractivity contribution in [3.8, 4) is 85.4 Å². The second-order valence-electron chi connectivity index (χ2n) is 21.6. The molecule has 0 saturated carbocycles. The number of halogens is 1. The lowest BCUT2D eigenvalue weighted by Crippen LogP contribution is -2.04. The molecular formula is C78H50FN9. The van der Waals surface area contributed by atoms with Crippen LogP contribution in [0.15, 0.2) is 303 Å². The average Bonchev–Trinajstić information content (AvgIpc) is 1.65. The highest BCUT2D eigenvalue weighted by molar-refractivity contribution is 6.14. The number of aromatic nitrogens is 9. The molecule has 17 rings (SSSR count). The fraction of sp³-hybridized carbons (Fsp3) is 0. The van der Waals surface area contributed by atoms with Gasteiger partial charge in [-0.2, -0.15) is 0 Å². The fourth-order valence-electron chi connectivity index (χ4n) is 12.3. The molecule has 0 amide bonds. The first-order chi connectivity index (χ1) is 43.6. The molecule has 10 heteroatoms. The van der Waals surface area contributed by atoms with E-state index >= 15 is 4.39 Å². The topological polar surface area (TPSA) is 92.1 Å². The van der Waals surface area contributed by atoms with E-state index in [0.717, 1.165) is 94.1 Å². The van der Waals surface area contributed by atoms with Gasteiger partial charge in [0, 0.05) is 71.5 Å². The third-order valence-corrected chi connectivity index (χ3v) is 16.3. The van der Waals surface area contributed by atoms with Crippen LogP contribution in [0.25, 0.3) is 151 Å². The first-order valence-electron chi connectivity index (χ1n) is 29.2. The molecule has 9 nitrogen and oxygen atoms in total. The lowest BCUT2D eigenvalue weighted by molar-refractivity contribution is 0.631. The zero-order chi connectivity index (χ0) is 58.5. The summed E-state index contributed by atoms with van der Waals surface area (Å²) in [6.45, 7) is 0. The van der Waals surface area contributed by atoms with Gasteiger partial charge in [0.2, 0.25) is 0 Å². The van der Waals surface area contributed by atoms with Crippen LogP contribution in [0, 0.1) is 5.82 Å². The molecule has 0 unspecified atom stereocenters. The van der Waals surface area contributed by atoms with Gasteiger partial charge < -0.3 is 13.7 Å². The van der Waals surface area contributed by atoms with E-state index in [1.165, 1.54) is 16.2 Å². The van der Waals surface area contributed by atoms with Crippen LogP contribution >= 0.6 is 0 Å². The Morgan fingerprint density at radius 3 is 0.864 bits per heavy atom. The first-order valence-corrected chi connectivity index (χ1v) is 29.2. The van der Waals surface area contributed by atoms with Gasteiger partial charge in [0.1, 0.15) is 5.82 Å². The van der Waals surface area contributed by atoms with Gasteiger partial charge in [-0.1, -0.05) is 231 Å². The first kappa shape index (κ1) is 51.6. The van der Waals surface area contributed by atoms with Crippen LogP contribution < -0.4 is 0 Å². The SMILES string of the molecule is Fc1cc2c3ccccc3n(-c3ccccc3)c2cc1-c1nc(-c2ccccc2)nc(-c2ccccc2)n1.c1ccc(-c2nc(-c3ccccc3)nc(-c3cc4c(cc3-n3c5ccccc5c5ccccc53)c3ccccc3n4-c3ccccc3)n2)cc1. The third kappa shape index (κ3) is 9.11. The molecule has 0 bridgehead atoms. The second kappa shape index (κ2) is 21.9. The van der Waals surface area contributed by atoms with E-state index in [-0.39, 0.29) is 5.82 Å². The van der Waals surface area contributed by atoms with Crippen molar-refractivity contribution in [1.29, 1.82) is 0 Å². The number of nitrogens with zero attached hydrogens (tertiary/aromatic N) is 9. The highest BCUT2D eigenvalue weighted by Crippen LogP contribution is 2.42. The summed E-state index contributed by atoms with van der Waals surface area (Å²) in [6.07, 6.45) is 0. The van der Waals surface area contributed by atoms with E-state index in [1.807, 2.05) is 140 Å². The van der Waals surface area contributed by atoms with Crippen LogP contribution in [-0.2, 0) is 0 Å². The van der Waals surface area contributed by atoms with E-state index in [1.54, 1.807) is 6.07 Å². The lowest BCUT2D eigenvalue weighted by Gasteiger charge is -2.16. The molecular weight excluding hydrogens is 1080 g/mol. The quantitative estimate of drug-likeness (QED) is 0.143. The van der Waals surface area contributed by atoms with Crippen LogP contribution in [0.3, 0.4) is 0 Å². The Hall–Kier alpha value is -12.0. The molecule has 414 valence electrons. The van der Waals surface area contributed by atoms with Gasteiger partial charge in [0.15, 0.2) is 34.9 Å². The number of para-hydroxylation sites is 6. The van der Waals surface area contributed by atoms with Crippen molar-refractivity contribution in [2.75, 3.05) is 0 Å². The molecule has 0 radical (unpaired) electrons. The normalized spacial score (nSPS) is 11.5. The van der Waals surface area contributed by atoms with Crippen LogP contribution in [0.2, 0.25) is 0 Å². The Labute approximate surface area is 505 Å². The summed E-state index contributed by atoms with van der Waals surface area (Å²) >= 11 is 0. The number of hydrogen-bond donors (Lipinski definition) is 0. The van der Waals surface area contributed by atoms with Crippen molar-refractivity contribution in [1.82, 2.24) is 43.6 Å². The molecule has 0 saturated heterocycles. The fourth-order valence-corrected chi connectivity index (χ4v) is 12.3. The van der Waals surface area contributed by atoms with Crippen molar-refractivity contribution >= 4 is 65.4 Å². The molecule has 5 aromatic heterocycles. The maximum atomic E-state index is 15.9. The van der Waals surface area contributed by atoms with Gasteiger partial charge in [0.25, 0.3) is 0 Å². The van der Waals surface area contributed by atoms with E-state index in [9.17, 15) is 0 Å². The Morgan fingerprint density at radius 2 is 0.489 bits per heavy atom. The Bertz CT molecular complexity index is 5270. The molecule has 12 aromatic carbocycles. The molecule has 0 atom stereocenters. The summed E-state index contributed by atoms with van der Waals surface area (Å²) in [5.41, 5.74) is 14.3. The molecule has 0 N–H and O–H groups in total. The second-order valence-corrected chi connectivity index (χ2v) is 21.6. The highest BCUT2D eigenvalue weighted by atomic mass is 19.1. The standard InChI is InChI=1S/C45H29N5.C33H21FN4/c1-4-16-30(17-5-1)43-46-44(31-18-6-2-7-19-31)48-45(47-43)37-29-41-36(35-24-12-13-25-38(35)49(41)32-20-8-3-9-21-32)28-42(37)50-39-26-14-10-22-33(39)34-23-11-15-27-40(34)50;34-28-20-26-25-18-10-11-19-29(25)38(24-16-8-3-9-17-24)30(26)21-27(28)33-36-31(22-12-4-1-5-13-22)35-32(37-33)23-14-6-2-7-15-23/h1-29H;1-21H. The van der Waals surface area contributed by atoms with Gasteiger partial charge >= 0.3 is 0 Å². The molecule has 5 heterocycles. The summed E-state index contributed by atoms with van der Waals surface area (Å²) in [4.78, 5) is 29.8. The minimum absolute atomic E-state index is 0.293. The molecule has 0 aliphatic carbocycles. The van der Waals surface area contributed by atoms with Crippen LogP contribution in [0.4, 0.5) is 4.39 Å². The van der Waals surface area contributed by atoms with Crippen LogP contribution in [-0.4, -0.2) is 43.6 Å². The summed E-state index contributed by atoms with van der Waals surface area (Å²) in [5.74, 6) is 2.79. The van der Waals surface area contributed by atoms with Gasteiger partial charge in [-0.3, -0.25) is 0 Å². The minimum Gasteiger partial charge on any atom is -0.309 e. The largest absolute Gasteiger partial charge is 0.309 e. The average molecular weight is 1130 g/mol. The number of fused-ring (bicyclic) bond motifs is 9. The zero-order valence-corrected chi connectivity index (χ0v) is 47.3. The molecule has 0 fully saturated rings. The lowest BCUT2D eigenvalue weighted by atomic mass is 10.1. The van der Waals surface area contributed by atoms with E-state index in [4.69, 9.17) is 29.9 Å². The van der Waals surface area contributed by atoms with Gasteiger partial charge in [-0.15, -0.1) is 0 Å². The highest BCUT2D eigenvalue weighted by Gasteiger charge is 2.24. The van der Waals surface area contributed by atoms with Crippen molar-refractivity contribution in [2.24, 2.45) is 0 Å². The Morgan fingerprint density at radius 1 is 0.216 bits per heavy atom. The summed E-state index contributed by atoms with van der Waals surface area (Å²) in [5, 5.41) is 6.57. The van der Waals surface area contributed by atoms with Crippen LogP contribution in [0.5, 0.6) is 0 Å². The van der Waals surface area contributed by atoms with E-state index < -0.39 is 0 Å². The van der Waals surface area contributed by atoms with Crippen molar-refractivity contribution < 1.29 is 4.39 Å². The number of benzene rings is 12. The maximum absolute atomic E-state index is 15.9. The van der Waals surface area contributed by atoms with Crippen LogP contribution in [0.1, 0.15) is 0 Å². The molecule has 88 heavy (non-hydrogen) atoms. The predicted octanol–water partition coefficient (Wildman–Crippen LogP) is 19.2.